The zero-order chi connectivity index (χ0) is 21.7. The van der Waals surface area contributed by atoms with Crippen LogP contribution in [0.1, 0.15) is 38.3 Å². The second kappa shape index (κ2) is 9.65. The normalized spacial score (nSPS) is 19.0. The largest absolute Gasteiger partial charge is 0.497 e. The van der Waals surface area contributed by atoms with Crippen molar-refractivity contribution in [1.82, 2.24) is 5.32 Å². The molecule has 2 unspecified atom stereocenters. The third kappa shape index (κ3) is 4.75. The van der Waals surface area contributed by atoms with Crippen LogP contribution >= 0.6 is 0 Å². The van der Waals surface area contributed by atoms with Gasteiger partial charge in [0.25, 0.3) is 0 Å². The van der Waals surface area contributed by atoms with Crippen LogP contribution in [0.2, 0.25) is 0 Å². The fourth-order valence-corrected chi connectivity index (χ4v) is 3.83. The zero-order valence-electron chi connectivity index (χ0n) is 18.1. The lowest BCUT2D eigenvalue weighted by Gasteiger charge is -2.41. The first-order chi connectivity index (χ1) is 14.4. The molecule has 2 aromatic rings. The standard InChI is InChI=1S/C24H30N2O4/c1-16(2)15-25-24(28)21-13-14-22(27)26(18-7-11-20(30-4)12-8-18)23(21)17-5-9-19(29-3)10-6-17/h5-12,16,21,23H,13-15H2,1-4H3,(H,25,28). The number of rotatable bonds is 7. The Hall–Kier alpha value is -3.02. The van der Waals surface area contributed by atoms with E-state index >= 15 is 0 Å². The maximum atomic E-state index is 13.1. The Morgan fingerprint density at radius 1 is 1.03 bits per heavy atom. The van der Waals surface area contributed by atoms with Crippen molar-refractivity contribution < 1.29 is 19.1 Å². The number of anilines is 1. The fraction of sp³-hybridized carbons (Fsp3) is 0.417. The summed E-state index contributed by atoms with van der Waals surface area (Å²) in [6, 6.07) is 14.6. The number of carbonyl (C=O) groups is 2. The minimum absolute atomic E-state index is 0.00824. The number of methoxy groups -OCH3 is 2. The summed E-state index contributed by atoms with van der Waals surface area (Å²) in [5.74, 6) is 1.46. The van der Waals surface area contributed by atoms with Crippen molar-refractivity contribution in [3.05, 3.63) is 54.1 Å². The van der Waals surface area contributed by atoms with Gasteiger partial charge in [-0.3, -0.25) is 9.59 Å². The number of nitrogens with one attached hydrogen (secondary N) is 1. The molecule has 6 heteroatoms. The molecule has 2 amide bonds. The first-order valence-electron chi connectivity index (χ1n) is 10.3. The summed E-state index contributed by atoms with van der Waals surface area (Å²) >= 11 is 0. The molecule has 1 fully saturated rings. The molecule has 3 rings (SSSR count). The van der Waals surface area contributed by atoms with E-state index in [9.17, 15) is 9.59 Å². The average Bonchev–Trinajstić information content (AvgIpc) is 2.77. The second-order valence-corrected chi connectivity index (χ2v) is 7.96. The van der Waals surface area contributed by atoms with Crippen molar-refractivity contribution in [2.75, 3.05) is 25.7 Å². The van der Waals surface area contributed by atoms with Crippen molar-refractivity contribution >= 4 is 17.5 Å². The summed E-state index contributed by atoms with van der Waals surface area (Å²) in [5, 5.41) is 3.06. The van der Waals surface area contributed by atoms with Crippen molar-refractivity contribution in [1.29, 1.82) is 0 Å². The van der Waals surface area contributed by atoms with Crippen LogP contribution in [-0.4, -0.2) is 32.6 Å². The predicted molar refractivity (Wildman–Crippen MR) is 117 cm³/mol. The molecule has 30 heavy (non-hydrogen) atoms. The van der Waals surface area contributed by atoms with E-state index in [1.165, 1.54) is 0 Å². The third-order valence-corrected chi connectivity index (χ3v) is 5.43. The van der Waals surface area contributed by atoms with Gasteiger partial charge in [-0.05, 0) is 54.3 Å². The van der Waals surface area contributed by atoms with Crippen LogP contribution in [0.3, 0.4) is 0 Å². The Bertz CT molecular complexity index is 862. The highest BCUT2D eigenvalue weighted by atomic mass is 16.5. The van der Waals surface area contributed by atoms with Crippen LogP contribution in [-0.2, 0) is 9.59 Å². The molecule has 1 saturated heterocycles. The number of amides is 2. The van der Waals surface area contributed by atoms with E-state index in [2.05, 4.69) is 19.2 Å². The van der Waals surface area contributed by atoms with E-state index < -0.39 is 6.04 Å². The highest BCUT2D eigenvalue weighted by Crippen LogP contribution is 2.40. The van der Waals surface area contributed by atoms with Crippen molar-refractivity contribution in [2.24, 2.45) is 11.8 Å². The minimum atomic E-state index is -0.391. The molecular weight excluding hydrogens is 380 g/mol. The smallest absolute Gasteiger partial charge is 0.227 e. The van der Waals surface area contributed by atoms with E-state index in [0.717, 1.165) is 22.7 Å². The number of piperidine rings is 1. The monoisotopic (exact) mass is 410 g/mol. The summed E-state index contributed by atoms with van der Waals surface area (Å²) < 4.78 is 10.5. The molecule has 0 spiro atoms. The Balaban J connectivity index is 2.01. The average molecular weight is 411 g/mol. The van der Waals surface area contributed by atoms with Gasteiger partial charge in [0.15, 0.2) is 0 Å². The third-order valence-electron chi connectivity index (χ3n) is 5.43. The second-order valence-electron chi connectivity index (χ2n) is 7.96. The van der Waals surface area contributed by atoms with E-state index in [0.29, 0.717) is 25.3 Å². The van der Waals surface area contributed by atoms with Crippen LogP contribution < -0.4 is 19.7 Å². The summed E-state index contributed by atoms with van der Waals surface area (Å²) in [4.78, 5) is 27.9. The van der Waals surface area contributed by atoms with Gasteiger partial charge in [-0.15, -0.1) is 0 Å². The molecule has 0 aromatic heterocycles. The molecule has 1 aliphatic rings. The first-order valence-corrected chi connectivity index (χ1v) is 10.3. The summed E-state index contributed by atoms with van der Waals surface area (Å²) in [5.41, 5.74) is 1.66. The van der Waals surface area contributed by atoms with Gasteiger partial charge in [-0.25, -0.2) is 0 Å². The van der Waals surface area contributed by atoms with Crippen molar-refractivity contribution in [2.45, 2.75) is 32.7 Å². The molecule has 0 bridgehead atoms. The van der Waals surface area contributed by atoms with Crippen LogP contribution in [0.5, 0.6) is 11.5 Å². The van der Waals surface area contributed by atoms with E-state index in [1.54, 1.807) is 19.1 Å². The van der Waals surface area contributed by atoms with E-state index in [4.69, 9.17) is 9.47 Å². The lowest BCUT2D eigenvalue weighted by atomic mass is 9.83. The summed E-state index contributed by atoms with van der Waals surface area (Å²) in [6.45, 7) is 4.74. The minimum Gasteiger partial charge on any atom is -0.497 e. The quantitative estimate of drug-likeness (QED) is 0.750. The van der Waals surface area contributed by atoms with Gasteiger partial charge in [0, 0.05) is 18.7 Å². The molecule has 0 saturated carbocycles. The Kier molecular flexibility index (Phi) is 6.98. The lowest BCUT2D eigenvalue weighted by molar-refractivity contribution is -0.129. The predicted octanol–water partition coefficient (Wildman–Crippen LogP) is 3.96. The highest BCUT2D eigenvalue weighted by Gasteiger charge is 2.41. The van der Waals surface area contributed by atoms with Crippen LogP contribution in [0, 0.1) is 11.8 Å². The van der Waals surface area contributed by atoms with Gasteiger partial charge in [0.05, 0.1) is 26.2 Å². The van der Waals surface area contributed by atoms with Gasteiger partial charge >= 0.3 is 0 Å². The lowest BCUT2D eigenvalue weighted by Crippen LogP contribution is -2.48. The molecule has 0 radical (unpaired) electrons. The molecule has 1 aliphatic heterocycles. The van der Waals surface area contributed by atoms with E-state index in [-0.39, 0.29) is 17.7 Å². The molecule has 2 aromatic carbocycles. The number of nitrogens with zero attached hydrogens (tertiary/aromatic N) is 1. The fourth-order valence-electron chi connectivity index (χ4n) is 3.83. The molecular formula is C24H30N2O4. The molecule has 0 aliphatic carbocycles. The van der Waals surface area contributed by atoms with Crippen LogP contribution in [0.4, 0.5) is 5.69 Å². The van der Waals surface area contributed by atoms with E-state index in [1.807, 2.05) is 48.5 Å². The zero-order valence-corrected chi connectivity index (χ0v) is 18.1. The number of ether oxygens (including phenoxy) is 2. The molecule has 1 N–H and O–H groups in total. The topological polar surface area (TPSA) is 67.9 Å². The molecule has 2 atom stereocenters. The maximum absolute atomic E-state index is 13.1. The maximum Gasteiger partial charge on any atom is 0.227 e. The molecule has 6 nitrogen and oxygen atoms in total. The first kappa shape index (κ1) is 21.7. The Labute approximate surface area is 178 Å². The van der Waals surface area contributed by atoms with Crippen molar-refractivity contribution in [3.63, 3.8) is 0 Å². The highest BCUT2D eigenvalue weighted by molar-refractivity contribution is 5.97. The van der Waals surface area contributed by atoms with Crippen LogP contribution in [0.15, 0.2) is 48.5 Å². The van der Waals surface area contributed by atoms with Crippen molar-refractivity contribution in [3.8, 4) is 11.5 Å². The van der Waals surface area contributed by atoms with Gasteiger partial charge in [-0.1, -0.05) is 26.0 Å². The molecule has 1 heterocycles. The van der Waals surface area contributed by atoms with Gasteiger partial charge in [-0.2, -0.15) is 0 Å². The van der Waals surface area contributed by atoms with Crippen LogP contribution in [0.25, 0.3) is 0 Å². The molecule has 160 valence electrons. The Morgan fingerprint density at radius 3 is 2.13 bits per heavy atom. The Morgan fingerprint density at radius 2 is 1.60 bits per heavy atom. The SMILES string of the molecule is COc1ccc(C2C(C(=O)NCC(C)C)CCC(=O)N2c2ccc(OC)cc2)cc1. The number of hydrogen-bond donors (Lipinski definition) is 1. The number of carbonyl (C=O) groups excluding carboxylic acids is 2. The van der Waals surface area contributed by atoms with Gasteiger partial charge in [0.1, 0.15) is 11.5 Å². The number of hydrogen-bond acceptors (Lipinski definition) is 4. The van der Waals surface area contributed by atoms with Gasteiger partial charge < -0.3 is 19.7 Å². The number of benzene rings is 2. The summed E-state index contributed by atoms with van der Waals surface area (Å²) in [7, 11) is 3.22. The summed E-state index contributed by atoms with van der Waals surface area (Å²) in [6.07, 6.45) is 0.852. The van der Waals surface area contributed by atoms with Gasteiger partial charge in [0.2, 0.25) is 11.8 Å².